The van der Waals surface area contributed by atoms with Gasteiger partial charge in [0.05, 0.1) is 0 Å². The number of carbonyl (C=O) groups is 1. The zero-order chi connectivity index (χ0) is 5.70. The van der Waals surface area contributed by atoms with Crippen molar-refractivity contribution in [2.75, 3.05) is 0 Å². The van der Waals surface area contributed by atoms with Gasteiger partial charge in [-0.1, -0.05) is 6.58 Å². The van der Waals surface area contributed by atoms with Crippen LogP contribution in [0.25, 0.3) is 0 Å². The predicted octanol–water partition coefficient (Wildman–Crippen LogP) is 0.429. The molecule has 0 aromatic heterocycles. The van der Waals surface area contributed by atoms with E-state index in [0.29, 0.717) is 0 Å². The van der Waals surface area contributed by atoms with E-state index in [4.69, 9.17) is 0 Å². The first-order valence-corrected chi connectivity index (χ1v) is 1.67. The Hall–Kier alpha value is -0.990. The predicted molar refractivity (Wildman–Crippen MR) is 25.2 cm³/mol. The molecule has 2 N–H and O–H groups in total. The molecule has 0 aromatic carbocycles. The summed E-state index contributed by atoms with van der Waals surface area (Å²) in [4.78, 5) is 9.68. The van der Waals surface area contributed by atoms with Crippen LogP contribution in [0, 0.1) is 6.61 Å². The molecule has 0 fully saturated rings. The van der Waals surface area contributed by atoms with Crippen molar-refractivity contribution >= 4 is 6.09 Å². The fourth-order valence-corrected chi connectivity index (χ4v) is 0.115. The number of carbonyl (C=O) groups excluding carboxylic acids is 1. The molecule has 0 unspecified atom stereocenters. The van der Waals surface area contributed by atoms with Gasteiger partial charge >= 0.3 is 6.09 Å². The summed E-state index contributed by atoms with van der Waals surface area (Å²) in [6, 6.07) is 0. The second-order valence-corrected chi connectivity index (χ2v) is 0.809. The molecule has 1 amide bonds. The van der Waals surface area contributed by atoms with Crippen molar-refractivity contribution in [3.63, 3.8) is 0 Å². The molecule has 0 saturated heterocycles. The molecule has 0 heterocycles. The standard InChI is InChI=1S/C4H6NO2/c1-2-3-7-4(5)6/h2-3H,1H2,(H2,5,6). The third-order valence-electron chi connectivity index (χ3n) is 0.280. The zero-order valence-electron chi connectivity index (χ0n) is 3.76. The Labute approximate surface area is 41.8 Å². The summed E-state index contributed by atoms with van der Waals surface area (Å²) in [6.45, 7) is 4.36. The van der Waals surface area contributed by atoms with E-state index < -0.39 is 6.09 Å². The van der Waals surface area contributed by atoms with Gasteiger partial charge in [0.2, 0.25) is 0 Å². The third kappa shape index (κ3) is 5.01. The molecule has 0 aliphatic heterocycles. The number of hydrogen-bond acceptors (Lipinski definition) is 2. The molecule has 0 spiro atoms. The van der Waals surface area contributed by atoms with Crippen molar-refractivity contribution in [1.29, 1.82) is 0 Å². The van der Waals surface area contributed by atoms with Crippen molar-refractivity contribution in [2.45, 2.75) is 0 Å². The first-order chi connectivity index (χ1) is 3.27. The fourth-order valence-electron chi connectivity index (χ4n) is 0.115. The Morgan fingerprint density at radius 1 is 1.86 bits per heavy atom. The van der Waals surface area contributed by atoms with E-state index in [1.807, 2.05) is 0 Å². The summed E-state index contributed by atoms with van der Waals surface area (Å²) in [6.07, 6.45) is 0.505. The summed E-state index contributed by atoms with van der Waals surface area (Å²) in [5.41, 5.74) is 4.54. The summed E-state index contributed by atoms with van der Waals surface area (Å²) in [5, 5.41) is 0. The molecule has 0 atom stereocenters. The maximum Gasteiger partial charge on any atom is 0.405 e. The van der Waals surface area contributed by atoms with E-state index in [2.05, 4.69) is 17.0 Å². The van der Waals surface area contributed by atoms with Gasteiger partial charge in [-0.2, -0.15) is 0 Å². The Balaban J connectivity index is 2.97. The average molecular weight is 100 g/mol. The smallest absolute Gasteiger partial charge is 0.405 e. The Kier molecular flexibility index (Phi) is 2.76. The van der Waals surface area contributed by atoms with Gasteiger partial charge in [-0.15, -0.1) is 0 Å². The van der Waals surface area contributed by atoms with E-state index in [-0.39, 0.29) is 0 Å². The molecule has 0 saturated carbocycles. The van der Waals surface area contributed by atoms with E-state index >= 15 is 0 Å². The highest BCUT2D eigenvalue weighted by molar-refractivity contribution is 5.65. The van der Waals surface area contributed by atoms with Crippen LogP contribution in [0.4, 0.5) is 4.79 Å². The van der Waals surface area contributed by atoms with E-state index in [0.717, 1.165) is 6.61 Å². The number of amides is 1. The van der Waals surface area contributed by atoms with Gasteiger partial charge in [0.15, 0.2) is 6.61 Å². The number of hydrogen-bond donors (Lipinski definition) is 1. The highest BCUT2D eigenvalue weighted by Crippen LogP contribution is 1.78. The molecule has 1 radical (unpaired) electrons. The maximum atomic E-state index is 9.68. The molecule has 39 valence electrons. The molecule has 0 bridgehead atoms. The Bertz CT molecular complexity index is 79.8. The van der Waals surface area contributed by atoms with Gasteiger partial charge in [-0.3, -0.25) is 0 Å². The van der Waals surface area contributed by atoms with Gasteiger partial charge in [0, 0.05) is 0 Å². The number of rotatable bonds is 2. The molecule has 0 aromatic rings. The molecule has 7 heavy (non-hydrogen) atoms. The van der Waals surface area contributed by atoms with E-state index in [1.54, 1.807) is 0 Å². The van der Waals surface area contributed by atoms with Crippen LogP contribution in [0.2, 0.25) is 0 Å². The molecular weight excluding hydrogens is 94.0 g/mol. The highest BCUT2D eigenvalue weighted by atomic mass is 16.5. The van der Waals surface area contributed by atoms with Gasteiger partial charge in [-0.05, 0) is 6.08 Å². The molecule has 3 nitrogen and oxygen atoms in total. The lowest BCUT2D eigenvalue weighted by Gasteiger charge is -1.89. The van der Waals surface area contributed by atoms with E-state index in [1.165, 1.54) is 6.08 Å². The number of primary amides is 1. The lowest BCUT2D eigenvalue weighted by atomic mass is 10.7. The third-order valence-corrected chi connectivity index (χ3v) is 0.280. The van der Waals surface area contributed by atoms with Crippen molar-refractivity contribution in [2.24, 2.45) is 5.73 Å². The normalized spacial score (nSPS) is 7.43. The van der Waals surface area contributed by atoms with Crippen LogP contribution >= 0.6 is 0 Å². The van der Waals surface area contributed by atoms with Crippen molar-refractivity contribution < 1.29 is 9.53 Å². The Morgan fingerprint density at radius 3 is 2.57 bits per heavy atom. The second-order valence-electron chi connectivity index (χ2n) is 0.809. The van der Waals surface area contributed by atoms with Crippen molar-refractivity contribution in [3.05, 3.63) is 19.3 Å². The molecular formula is C4H6NO2. The van der Waals surface area contributed by atoms with E-state index in [9.17, 15) is 4.79 Å². The summed E-state index contributed by atoms with van der Waals surface area (Å²) in [7, 11) is 0. The quantitative estimate of drug-likeness (QED) is 0.547. The highest BCUT2D eigenvalue weighted by Gasteiger charge is 1.85. The van der Waals surface area contributed by atoms with Crippen LogP contribution in [-0.2, 0) is 4.74 Å². The zero-order valence-corrected chi connectivity index (χ0v) is 3.76. The molecule has 0 aliphatic rings. The van der Waals surface area contributed by atoms with Crippen LogP contribution in [0.5, 0.6) is 0 Å². The van der Waals surface area contributed by atoms with Gasteiger partial charge in [-0.25, -0.2) is 4.79 Å². The second kappa shape index (κ2) is 3.21. The van der Waals surface area contributed by atoms with Gasteiger partial charge in [0.25, 0.3) is 0 Å². The van der Waals surface area contributed by atoms with Crippen molar-refractivity contribution in [3.8, 4) is 0 Å². The average Bonchev–Trinajstić information content (AvgIpc) is 1.61. The molecule has 0 rings (SSSR count). The fraction of sp³-hybridized carbons (Fsp3) is 0. The minimum atomic E-state index is -0.820. The van der Waals surface area contributed by atoms with Crippen LogP contribution in [0.3, 0.4) is 0 Å². The number of ether oxygens (including phenoxy) is 1. The van der Waals surface area contributed by atoms with Crippen LogP contribution < -0.4 is 5.73 Å². The summed E-state index contributed by atoms with van der Waals surface area (Å²) in [5.74, 6) is 0. The van der Waals surface area contributed by atoms with Crippen molar-refractivity contribution in [1.82, 2.24) is 0 Å². The number of nitrogens with two attached hydrogens (primary N) is 1. The minimum Gasteiger partial charge on any atom is -0.438 e. The molecule has 0 aliphatic carbocycles. The van der Waals surface area contributed by atoms with Crippen LogP contribution in [0.15, 0.2) is 12.7 Å². The maximum absolute atomic E-state index is 9.68. The minimum absolute atomic E-state index is 0.820. The lowest BCUT2D eigenvalue weighted by molar-refractivity contribution is 0.187. The topological polar surface area (TPSA) is 52.3 Å². The lowest BCUT2D eigenvalue weighted by Crippen LogP contribution is -2.10. The first-order valence-electron chi connectivity index (χ1n) is 1.67. The Morgan fingerprint density at radius 2 is 2.43 bits per heavy atom. The SMILES string of the molecule is C=C[CH]OC(N)=O. The van der Waals surface area contributed by atoms with Crippen LogP contribution in [-0.4, -0.2) is 6.09 Å². The van der Waals surface area contributed by atoms with Crippen LogP contribution in [0.1, 0.15) is 0 Å². The summed E-state index contributed by atoms with van der Waals surface area (Å²) < 4.78 is 4.09. The summed E-state index contributed by atoms with van der Waals surface area (Å²) >= 11 is 0. The van der Waals surface area contributed by atoms with Gasteiger partial charge in [0.1, 0.15) is 0 Å². The van der Waals surface area contributed by atoms with Gasteiger partial charge < -0.3 is 10.5 Å². The monoisotopic (exact) mass is 100 g/mol. The molecule has 3 heteroatoms. The largest absolute Gasteiger partial charge is 0.438 e. The first kappa shape index (κ1) is 6.01.